The second-order valence-electron chi connectivity index (χ2n) is 11.7. The number of amides is 3. The number of quaternary nitrogens is 1. The van der Waals surface area contributed by atoms with Crippen LogP contribution in [-0.4, -0.2) is 126 Å². The number of thiazole rings is 1. The molecule has 2 saturated heterocycles. The number of anilines is 1. The average Bonchev–Trinajstić information content (AvgIpc) is 3.71. The zero-order chi connectivity index (χ0) is 35.5. The Morgan fingerprint density at radius 3 is 2.51 bits per heavy atom. The van der Waals surface area contributed by atoms with Crippen LogP contribution in [-0.2, 0) is 24.0 Å². The molecular formula is C29H35N8Na2O10S2+3. The molecular weight excluding hydrogens is 730 g/mol. The third-order valence-electron chi connectivity index (χ3n) is 8.48. The second-order valence-corrected chi connectivity index (χ2v) is 13.7. The standard InChI is InChI=1S/C29H34N8O10S2.2Na/c1-2-19(27(43)44)47-35-20(16-13-49-29(30)33-16)24(41)34-21-25(42)36-22(28(45)46)14(12-48-26(21)36)11-37(6-3-4-7-37)8-5-31-23(40)15-9-17(38)18(39)10-32-15;;/h9-10,13,19,21,26H,2-8,11-12H2,1H3,(H7-,30,31,32,33,34,35,38,39,40,41,43,44,45,46);;/q;2*+1/p+1/t19-,21+,26+;;/m0../s1. The third-order valence-corrected chi connectivity index (χ3v) is 10.5. The molecule has 0 aliphatic carbocycles. The molecule has 5 rings (SSSR count). The van der Waals surface area contributed by atoms with Crippen molar-refractivity contribution in [3.8, 4) is 5.75 Å². The Morgan fingerprint density at radius 2 is 1.92 bits per heavy atom. The molecule has 262 valence electrons. The summed E-state index contributed by atoms with van der Waals surface area (Å²) in [4.78, 5) is 87.9. The first kappa shape index (κ1) is 42.5. The van der Waals surface area contributed by atoms with E-state index in [2.05, 4.69) is 25.8 Å². The Kier molecular flexibility index (Phi) is 15.1. The van der Waals surface area contributed by atoms with Gasteiger partial charge >= 0.3 is 71.1 Å². The molecule has 0 spiro atoms. The van der Waals surface area contributed by atoms with E-state index in [4.69, 9.17) is 10.6 Å². The quantitative estimate of drug-likeness (QED) is 0.0311. The zero-order valence-electron chi connectivity index (χ0n) is 28.2. The minimum Gasteiger partial charge on any atom is -0.503 e. The van der Waals surface area contributed by atoms with Crippen molar-refractivity contribution >= 4 is 63.6 Å². The van der Waals surface area contributed by atoms with E-state index in [1.807, 2.05) is 0 Å². The number of aromatic amines is 1. The molecule has 8 N–H and O–H groups in total. The number of carbonyl (C=O) groups is 5. The molecule has 18 nitrogen and oxygen atoms in total. The Labute approximate surface area is 343 Å². The number of nitrogens with zero attached hydrogens (tertiary/aromatic N) is 4. The summed E-state index contributed by atoms with van der Waals surface area (Å²) in [5.41, 5.74) is 5.04. The molecule has 22 heteroatoms. The predicted octanol–water partition coefficient (Wildman–Crippen LogP) is -6.51. The summed E-state index contributed by atoms with van der Waals surface area (Å²) >= 11 is 2.31. The molecule has 0 unspecified atom stereocenters. The largest absolute Gasteiger partial charge is 1.00 e. The number of nitrogens with one attached hydrogen (secondary N) is 3. The number of thioether (sulfide) groups is 1. The van der Waals surface area contributed by atoms with Crippen LogP contribution in [0.5, 0.6) is 5.75 Å². The van der Waals surface area contributed by atoms with Crippen LogP contribution < -0.4 is 80.9 Å². The summed E-state index contributed by atoms with van der Waals surface area (Å²) in [6.45, 7) is 4.05. The van der Waals surface area contributed by atoms with Crippen LogP contribution in [0.3, 0.4) is 0 Å². The number of H-pyrrole nitrogens is 1. The van der Waals surface area contributed by atoms with E-state index in [1.165, 1.54) is 17.1 Å². The minimum atomic E-state index is -1.34. The van der Waals surface area contributed by atoms with Crippen molar-refractivity contribution in [2.24, 2.45) is 5.16 Å². The van der Waals surface area contributed by atoms with Gasteiger partial charge in [0.15, 0.2) is 16.6 Å². The maximum Gasteiger partial charge on any atom is 1.00 e. The number of hydrogen-bond donors (Lipinski definition) is 7. The van der Waals surface area contributed by atoms with Gasteiger partial charge in [-0.1, -0.05) is 12.1 Å². The van der Waals surface area contributed by atoms with Gasteiger partial charge in [-0.3, -0.25) is 24.1 Å². The van der Waals surface area contributed by atoms with E-state index < -0.39 is 64.1 Å². The van der Waals surface area contributed by atoms with E-state index in [9.17, 15) is 44.1 Å². The number of likely N-dealkylation sites (tertiary alicyclic amines) is 1. The molecule has 51 heavy (non-hydrogen) atoms. The van der Waals surface area contributed by atoms with Crippen molar-refractivity contribution in [2.45, 2.75) is 43.7 Å². The van der Waals surface area contributed by atoms with Crippen LogP contribution in [0.2, 0.25) is 0 Å². The fraction of sp³-hybridized carbons (Fsp3) is 0.448. The number of carboxylic acid groups (broad SMARTS) is 2. The molecule has 3 amide bonds. The first-order valence-corrected chi connectivity index (χ1v) is 17.2. The molecule has 3 aliphatic rings. The topological polar surface area (TPSA) is 267 Å². The van der Waals surface area contributed by atoms with Gasteiger partial charge in [0.1, 0.15) is 35.0 Å². The Bertz CT molecular complexity index is 1800. The van der Waals surface area contributed by atoms with Gasteiger partial charge in [0.2, 0.25) is 11.5 Å². The zero-order valence-corrected chi connectivity index (χ0v) is 33.8. The Hall–Kier alpha value is -2.95. The number of aliphatic carboxylic acids is 2. The van der Waals surface area contributed by atoms with Gasteiger partial charge in [-0.05, 0) is 6.42 Å². The number of carbonyl (C=O) groups excluding carboxylic acids is 3. The molecule has 2 fully saturated rings. The van der Waals surface area contributed by atoms with Crippen LogP contribution in [0.1, 0.15) is 42.4 Å². The number of fused-ring (bicyclic) bond motifs is 1. The molecule has 2 aromatic heterocycles. The summed E-state index contributed by atoms with van der Waals surface area (Å²) in [7, 11) is 0. The van der Waals surface area contributed by atoms with Crippen molar-refractivity contribution in [3.63, 3.8) is 0 Å². The summed E-state index contributed by atoms with van der Waals surface area (Å²) in [6.07, 6.45) is 1.55. The molecule has 0 bridgehead atoms. The number of rotatable bonds is 14. The molecule has 0 saturated carbocycles. The SMILES string of the molecule is CC[C@H](O/N=C(/C(=O)N[C@@H]1C(=O)N2C(C(=O)O)=C(C[N+]3(CCNC(=O)c4cc(=O)c(O)c[nH]4)CCCC3)CS[C@H]12)c1csc(N)n1)C(=O)O.[Na+].[Na+]. The monoisotopic (exact) mass is 765 g/mol. The van der Waals surface area contributed by atoms with E-state index >= 15 is 0 Å². The van der Waals surface area contributed by atoms with Gasteiger partial charge in [-0.2, -0.15) is 0 Å². The van der Waals surface area contributed by atoms with Crippen LogP contribution >= 0.6 is 23.1 Å². The van der Waals surface area contributed by atoms with Crippen LogP contribution in [0.4, 0.5) is 5.13 Å². The van der Waals surface area contributed by atoms with Crippen molar-refractivity contribution in [2.75, 3.05) is 44.2 Å². The number of aromatic hydroxyl groups is 1. The number of nitrogen functional groups attached to an aromatic ring is 1. The molecule has 0 radical (unpaired) electrons. The number of aromatic nitrogens is 2. The van der Waals surface area contributed by atoms with E-state index in [-0.39, 0.29) is 100 Å². The normalized spacial score (nSPS) is 19.8. The first-order chi connectivity index (χ1) is 23.3. The van der Waals surface area contributed by atoms with Gasteiger partial charge in [0.05, 0.1) is 26.2 Å². The van der Waals surface area contributed by atoms with E-state index in [0.717, 1.165) is 54.4 Å². The fourth-order valence-corrected chi connectivity index (χ4v) is 7.88. The number of pyridine rings is 1. The molecule has 0 aromatic carbocycles. The van der Waals surface area contributed by atoms with Gasteiger partial charge in [-0.15, -0.1) is 23.1 Å². The molecule has 3 atom stereocenters. The van der Waals surface area contributed by atoms with Crippen molar-refractivity contribution in [1.82, 2.24) is 25.5 Å². The van der Waals surface area contributed by atoms with E-state index in [1.54, 1.807) is 6.92 Å². The maximum atomic E-state index is 13.4. The van der Waals surface area contributed by atoms with E-state index in [0.29, 0.717) is 23.1 Å². The number of hydrogen-bond acceptors (Lipinski definition) is 13. The van der Waals surface area contributed by atoms with Crippen LogP contribution in [0, 0.1) is 0 Å². The fourth-order valence-electron chi connectivity index (χ4n) is 5.99. The van der Waals surface area contributed by atoms with Crippen LogP contribution in [0.15, 0.2) is 38.9 Å². The average molecular weight is 766 g/mol. The second kappa shape index (κ2) is 18.2. The van der Waals surface area contributed by atoms with Gasteiger partial charge in [0.25, 0.3) is 17.7 Å². The number of nitrogens with two attached hydrogens (primary N) is 1. The summed E-state index contributed by atoms with van der Waals surface area (Å²) in [5, 5.41) is 38.9. The maximum absolute atomic E-state index is 13.4. The predicted molar refractivity (Wildman–Crippen MR) is 176 cm³/mol. The third kappa shape index (κ3) is 9.54. The molecule has 5 heterocycles. The number of β-lactam (4-membered cyclic amide) rings is 1. The van der Waals surface area contributed by atoms with Crippen molar-refractivity contribution in [3.05, 3.63) is 50.5 Å². The van der Waals surface area contributed by atoms with Gasteiger partial charge in [0, 0.05) is 41.8 Å². The van der Waals surface area contributed by atoms with Gasteiger partial charge in [-0.25, -0.2) is 14.6 Å². The Balaban J connectivity index is 0.00000351. The molecule has 3 aliphatic heterocycles. The summed E-state index contributed by atoms with van der Waals surface area (Å²) in [6, 6.07) is -0.102. The van der Waals surface area contributed by atoms with Gasteiger partial charge < -0.3 is 46.0 Å². The first-order valence-electron chi connectivity index (χ1n) is 15.3. The summed E-state index contributed by atoms with van der Waals surface area (Å²) < 4.78 is 0.484. The number of oxime groups is 1. The number of carboxylic acids is 2. The minimum absolute atomic E-state index is 0. The molecule has 2 aromatic rings. The smallest absolute Gasteiger partial charge is 0.503 e. The summed E-state index contributed by atoms with van der Waals surface area (Å²) in [5.74, 6) is -4.85. The van der Waals surface area contributed by atoms with Crippen LogP contribution in [0.25, 0.3) is 0 Å². The Morgan fingerprint density at radius 1 is 1.22 bits per heavy atom. The van der Waals surface area contributed by atoms with Crippen molar-refractivity contribution < 1.29 is 108 Å². The van der Waals surface area contributed by atoms with Crippen molar-refractivity contribution in [1.29, 1.82) is 0 Å².